The van der Waals surface area contributed by atoms with Crippen molar-refractivity contribution in [2.75, 3.05) is 313 Å². The molecule has 0 aliphatic heterocycles. The van der Waals surface area contributed by atoms with Gasteiger partial charge in [0.25, 0.3) is 0 Å². The van der Waals surface area contributed by atoms with E-state index >= 15 is 0 Å². The van der Waals surface area contributed by atoms with Gasteiger partial charge < -0.3 is 47.4 Å². The van der Waals surface area contributed by atoms with Crippen molar-refractivity contribution in [3.05, 3.63) is 116 Å². The fourth-order valence-corrected chi connectivity index (χ4v) is 55.1. The first-order valence-corrected chi connectivity index (χ1v) is 85.9. The lowest BCUT2D eigenvalue weighted by molar-refractivity contribution is 0.299. The van der Waals surface area contributed by atoms with Crippen molar-refractivity contribution in [1.82, 2.24) is 0 Å². The predicted molar refractivity (Wildman–Crippen MR) is 681 cm³/mol. The van der Waals surface area contributed by atoms with Crippen LogP contribution in [0.1, 0.15) is 328 Å². The molecule has 5 aromatic rings. The molecule has 145 heavy (non-hydrogen) atoms. The molecule has 0 unspecified atom stereocenters. The minimum Gasteiger partial charge on any atom is -0.493 e. The summed E-state index contributed by atoms with van der Waals surface area (Å²) in [5, 5.41) is 0. The normalized spacial score (nSPS) is 13.3. The molecule has 0 saturated heterocycles. The molecule has 0 aromatic heterocycles. The second kappa shape index (κ2) is 68.8. The van der Waals surface area contributed by atoms with Gasteiger partial charge in [0.15, 0.2) is 0 Å². The summed E-state index contributed by atoms with van der Waals surface area (Å²) in [5.74, 6) is 9.29. The lowest BCUT2D eigenvalue weighted by Crippen LogP contribution is -2.14. The van der Waals surface area contributed by atoms with Crippen molar-refractivity contribution in [3.63, 3.8) is 0 Å². The van der Waals surface area contributed by atoms with E-state index in [9.17, 15) is 0 Å². The number of rotatable bonds is 80. The number of hydrogen-bond acceptors (Lipinski definition) is 10. The van der Waals surface area contributed by atoms with Crippen molar-refractivity contribution >= 4 is 72.6 Å². The Labute approximate surface area is 903 Å². The van der Waals surface area contributed by atoms with Crippen molar-refractivity contribution < 1.29 is 47.4 Å². The van der Waals surface area contributed by atoms with Gasteiger partial charge in [-0.25, -0.2) is 0 Å². The quantitative estimate of drug-likeness (QED) is 0.0272. The summed E-state index contributed by atoms with van der Waals surface area (Å²) >= 11 is 0. The van der Waals surface area contributed by atoms with Gasteiger partial charge in [-0.15, -0.1) is 0 Å². The highest BCUT2D eigenvalue weighted by atomic mass is 31.2. The SMILES string of the molecule is CC[P+](CC)(CC)CCCOc1cc2c(OCCC[P+](CC)(CC)CC)cc1Cc1cc(OCCC[P+](CC)(CC)CC)c(cc1OCCC[P+](CC)(CC)CC)Cc1cc(OCCC[P+](CC)(CC)CC)c(cc1OCCC[P+](CC)(CC)CC)Cc1cc(OCCC[P+](CC)(CC)CC)c(cc1OCCC[P+](CC)(CC)CC)Cc1cc(OCCC[P+](CC)(CC)CC)c(cc1OCCC[P+](CC)(CC)CC)C2. The van der Waals surface area contributed by atoms with E-state index in [-0.39, 0.29) is 0 Å². The van der Waals surface area contributed by atoms with Crippen molar-refractivity contribution in [2.45, 2.75) is 304 Å². The van der Waals surface area contributed by atoms with Crippen LogP contribution in [0, 0.1) is 0 Å². The minimum absolute atomic E-state index is 0.566. The molecule has 0 amide bonds. The van der Waals surface area contributed by atoms with E-state index in [1.807, 2.05) is 0 Å². The van der Waals surface area contributed by atoms with Crippen LogP contribution >= 0.6 is 72.6 Å². The van der Waals surface area contributed by atoms with Gasteiger partial charge in [-0.2, -0.15) is 0 Å². The number of benzene rings is 5. The summed E-state index contributed by atoms with van der Waals surface area (Å²) in [6, 6.07) is 24.5. The highest BCUT2D eigenvalue weighted by Crippen LogP contribution is 2.66. The maximum absolute atomic E-state index is 7.72. The van der Waals surface area contributed by atoms with E-state index in [0.29, 0.717) is 98.2 Å². The van der Waals surface area contributed by atoms with Gasteiger partial charge in [0.05, 0.1) is 313 Å². The molecule has 10 bridgehead atoms. The standard InChI is InChI=1S/C125H230O10P10/c1-31-136(32-2,33-3)81-61-71-126-116-96-107-92-109-99-121(131-76-66-86-141(46-16,47-17)48-18)111(101-120(109)130-75-65-85-140(43-13,44-14)45-15)94-113-103-125(135-80-70-90-145(58-28,59-29)60-30)115(105-124(113)134-79-69-89-144(55-25,56-26)57-27)95-114-104-122(132-77-67-87-142(49-19,50-20)51-21)112(102-123(114)133-78-68-88-143(52-22,53-23)54-24)93-110-100-118(128-73-63-83-138(37-7,38-8)39-9)108(98-119(110)129-74-64-84-139(40-10,41-11)42-12)91-106(116)97-117(107)127-72-62-82-137(34-4,35-5)36-6/h96-105H,31-95H2,1-30H3/q+10. The third kappa shape index (κ3) is 39.0. The molecule has 830 valence electrons. The summed E-state index contributed by atoms with van der Waals surface area (Å²) in [4.78, 5) is 0. The summed E-state index contributed by atoms with van der Waals surface area (Å²) in [6.45, 7) is 80.1. The molecule has 20 heteroatoms. The van der Waals surface area contributed by atoms with Gasteiger partial charge in [-0.05, 0) is 268 Å². The third-order valence-corrected chi connectivity index (χ3v) is 91.5. The first-order valence-electron chi connectivity index (χ1n) is 60.6. The first kappa shape index (κ1) is 132. The second-order valence-electron chi connectivity index (χ2n) is 43.4. The van der Waals surface area contributed by atoms with Gasteiger partial charge in [-0.3, -0.25) is 0 Å². The lowest BCUT2D eigenvalue weighted by Gasteiger charge is -2.25. The summed E-state index contributed by atoms with van der Waals surface area (Å²) in [5.41, 5.74) is 11.2. The van der Waals surface area contributed by atoms with E-state index in [4.69, 9.17) is 47.4 Å². The van der Waals surface area contributed by atoms with Crippen LogP contribution < -0.4 is 47.4 Å². The monoisotopic (exact) mass is 2200 g/mol. The molecule has 0 radical (unpaired) electrons. The third-order valence-electron chi connectivity index (χ3n) is 38.6. The first-order chi connectivity index (χ1) is 70.0. The second-order valence-corrected chi connectivity index (χ2v) is 93.7. The maximum Gasteiger partial charge on any atom is 0.123 e. The minimum atomic E-state index is -1.16. The lowest BCUT2D eigenvalue weighted by atomic mass is 9.94. The summed E-state index contributed by atoms with van der Waals surface area (Å²) < 4.78 is 77.2. The Hall–Kier alpha value is -1.60. The predicted octanol–water partition coefficient (Wildman–Crippen LogP) is 36.4. The molecule has 10 aliphatic rings. The van der Waals surface area contributed by atoms with Crippen LogP contribution in [-0.4, -0.2) is 313 Å². The van der Waals surface area contributed by atoms with Crippen LogP contribution in [-0.2, 0) is 32.1 Å². The zero-order valence-electron chi connectivity index (χ0n) is 100. The van der Waals surface area contributed by atoms with Gasteiger partial charge in [0, 0.05) is 225 Å². The van der Waals surface area contributed by atoms with Crippen LogP contribution in [0.5, 0.6) is 57.5 Å². The zero-order valence-corrected chi connectivity index (χ0v) is 109. The largest absolute Gasteiger partial charge is 0.493 e. The molecule has 10 aliphatic carbocycles. The zero-order chi connectivity index (χ0) is 107. The Morgan fingerprint density at radius 3 is 0.255 bits per heavy atom. The van der Waals surface area contributed by atoms with E-state index in [0.717, 1.165) is 177 Å². The molecule has 0 saturated carbocycles. The molecule has 0 fully saturated rings. The highest BCUT2D eigenvalue weighted by molar-refractivity contribution is 7.78. The molecule has 0 heterocycles. The highest BCUT2D eigenvalue weighted by Gasteiger charge is 2.41. The van der Waals surface area contributed by atoms with Crippen molar-refractivity contribution in [1.29, 1.82) is 0 Å². The fourth-order valence-electron chi connectivity index (χ4n) is 24.2. The van der Waals surface area contributed by atoms with Crippen LogP contribution in [0.4, 0.5) is 0 Å². The fraction of sp³-hybridized carbons (Fsp3) is 0.760. The van der Waals surface area contributed by atoms with Crippen LogP contribution in [0.25, 0.3) is 0 Å². The summed E-state index contributed by atoms with van der Waals surface area (Å²) in [7, 11) is -11.6. The topological polar surface area (TPSA) is 92.3 Å². The smallest absolute Gasteiger partial charge is 0.123 e. The van der Waals surface area contributed by atoms with Crippen LogP contribution in [0.15, 0.2) is 60.7 Å². The number of hydrogen-bond donors (Lipinski definition) is 0. The Morgan fingerprint density at radius 1 is 0.124 bits per heavy atom. The molecule has 10 nitrogen and oxygen atoms in total. The maximum atomic E-state index is 7.72. The molecule has 15 rings (SSSR count). The Morgan fingerprint density at radius 2 is 0.193 bits per heavy atom. The molecular weight excluding hydrogens is 1970 g/mol. The average molecular weight is 2200 g/mol. The van der Waals surface area contributed by atoms with Crippen molar-refractivity contribution in [2.24, 2.45) is 0 Å². The van der Waals surface area contributed by atoms with Crippen molar-refractivity contribution in [3.8, 4) is 57.5 Å². The van der Waals surface area contributed by atoms with E-state index in [1.165, 1.54) is 246 Å². The Balaban J connectivity index is 2.00. The van der Waals surface area contributed by atoms with Gasteiger partial charge in [0.1, 0.15) is 57.5 Å². The molecule has 5 aromatic carbocycles. The van der Waals surface area contributed by atoms with Gasteiger partial charge in [0.2, 0.25) is 0 Å². The molecule has 0 atom stereocenters. The van der Waals surface area contributed by atoms with E-state index in [1.54, 1.807) is 0 Å². The molecule has 0 N–H and O–H groups in total. The molecular formula is C125H230O10P10+10. The van der Waals surface area contributed by atoms with Gasteiger partial charge >= 0.3 is 0 Å². The van der Waals surface area contributed by atoms with Crippen LogP contribution in [0.2, 0.25) is 0 Å². The van der Waals surface area contributed by atoms with Gasteiger partial charge in [-0.1, -0.05) is 0 Å². The Kier molecular flexibility index (Phi) is 62.7. The van der Waals surface area contributed by atoms with E-state index in [2.05, 4.69) is 268 Å². The number of ether oxygens (including phenoxy) is 10. The van der Waals surface area contributed by atoms with E-state index < -0.39 is 72.6 Å². The van der Waals surface area contributed by atoms with Crippen LogP contribution in [0.3, 0.4) is 0 Å². The Bertz CT molecular complexity index is 3390. The molecule has 0 spiro atoms. The average Bonchev–Trinajstić information content (AvgIpc) is 1.51. The summed E-state index contributed by atoms with van der Waals surface area (Å²) in [6.07, 6.45) is 63.2.